The fourth-order valence-corrected chi connectivity index (χ4v) is 4.31. The number of aromatic carboxylic acids is 1. The van der Waals surface area contributed by atoms with Crippen LogP contribution in [-0.2, 0) is 4.79 Å². The Morgan fingerprint density at radius 3 is 1.76 bits per heavy atom. The molecule has 1 aliphatic rings. The molecule has 3 amide bonds. The first-order chi connectivity index (χ1) is 21.9. The quantitative estimate of drug-likeness (QED) is 0.143. The molecule has 1 aliphatic heterocycles. The number of Topliss-reactive ketones (excluding diaryl/α,β-unsaturated/α-hetero) is 2. The van der Waals surface area contributed by atoms with Crippen molar-refractivity contribution < 1.29 is 33.9 Å². The van der Waals surface area contributed by atoms with Crippen LogP contribution in [0.4, 0.5) is 22.7 Å². The van der Waals surface area contributed by atoms with Crippen LogP contribution in [0.15, 0.2) is 91.0 Å². The Bertz CT molecular complexity index is 1810. The summed E-state index contributed by atoms with van der Waals surface area (Å²) in [5.41, 5.74) is 3.89. The van der Waals surface area contributed by atoms with Gasteiger partial charge in [-0.2, -0.15) is 0 Å². The summed E-state index contributed by atoms with van der Waals surface area (Å²) in [5, 5.41) is 17.7. The Labute approximate surface area is 266 Å². The minimum absolute atomic E-state index is 0.0187. The molecule has 0 radical (unpaired) electrons. The number of hydrogen-bond acceptors (Lipinski definition) is 8. The van der Waals surface area contributed by atoms with E-state index >= 15 is 0 Å². The van der Waals surface area contributed by atoms with E-state index in [9.17, 15) is 28.8 Å². The molecule has 0 saturated carbocycles. The summed E-state index contributed by atoms with van der Waals surface area (Å²) in [7, 11) is 3.54. The molecule has 4 aromatic carbocycles. The second-order valence-electron chi connectivity index (χ2n) is 10.1. The summed E-state index contributed by atoms with van der Waals surface area (Å²) in [6.45, 7) is 4.48. The van der Waals surface area contributed by atoms with E-state index in [0.29, 0.717) is 22.5 Å². The molecule has 0 spiro atoms. The standard InChI is InChI=1S/C17H14N2O3.C15H14N2O3.C3H6O/c1-10(20)11-6-7-14-15(8-11)17(22)19(16(14)21)13-5-3-4-12(9-13)18-2;1-16-10-5-4-6-11(9-10)17-14(18)12-7-2-3-8-13(12)15(19)20;1-3(2)4/h3-9,18H,1-2H3;2-9,16H,1H3,(H,17,18)(H,19,20);1-2H3. The van der Waals surface area contributed by atoms with Crippen molar-refractivity contribution in [3.63, 3.8) is 0 Å². The molecule has 0 saturated heterocycles. The van der Waals surface area contributed by atoms with E-state index in [4.69, 9.17) is 5.11 Å². The van der Waals surface area contributed by atoms with Crippen molar-refractivity contribution in [3.05, 3.63) is 119 Å². The molecule has 0 unspecified atom stereocenters. The summed E-state index contributed by atoms with van der Waals surface area (Å²) in [6.07, 6.45) is 0. The van der Waals surface area contributed by atoms with Gasteiger partial charge in [-0.25, -0.2) is 9.69 Å². The van der Waals surface area contributed by atoms with E-state index in [1.807, 2.05) is 12.1 Å². The van der Waals surface area contributed by atoms with Crippen molar-refractivity contribution in [2.45, 2.75) is 20.8 Å². The normalized spacial score (nSPS) is 11.2. The van der Waals surface area contributed by atoms with Crippen molar-refractivity contribution >= 4 is 58.0 Å². The number of nitrogens with one attached hydrogen (secondary N) is 3. The molecule has 4 N–H and O–H groups in total. The molecular formula is C35H34N4O7. The predicted molar refractivity (Wildman–Crippen MR) is 177 cm³/mol. The summed E-state index contributed by atoms with van der Waals surface area (Å²) < 4.78 is 0. The second-order valence-corrected chi connectivity index (χ2v) is 10.1. The summed E-state index contributed by atoms with van der Waals surface area (Å²) >= 11 is 0. The number of carbonyl (C=O) groups excluding carboxylic acids is 5. The van der Waals surface area contributed by atoms with Crippen LogP contribution < -0.4 is 20.9 Å². The summed E-state index contributed by atoms with van der Waals surface area (Å²) in [4.78, 5) is 70.3. The van der Waals surface area contributed by atoms with Crippen LogP contribution in [0.1, 0.15) is 72.6 Å². The Hall–Kier alpha value is -6.10. The maximum atomic E-state index is 12.6. The van der Waals surface area contributed by atoms with Gasteiger partial charge in [-0.15, -0.1) is 0 Å². The number of anilines is 4. The lowest BCUT2D eigenvalue weighted by Gasteiger charge is -2.14. The van der Waals surface area contributed by atoms with Crippen molar-refractivity contribution in [1.29, 1.82) is 0 Å². The number of nitrogens with zero attached hydrogens (tertiary/aromatic N) is 1. The van der Waals surface area contributed by atoms with Gasteiger partial charge in [0, 0.05) is 36.7 Å². The lowest BCUT2D eigenvalue weighted by Crippen LogP contribution is -2.29. The average Bonchev–Trinajstić information content (AvgIpc) is 3.29. The maximum Gasteiger partial charge on any atom is 0.336 e. The van der Waals surface area contributed by atoms with Crippen molar-refractivity contribution in [2.24, 2.45) is 0 Å². The zero-order chi connectivity index (χ0) is 34.0. The molecule has 0 bridgehead atoms. The van der Waals surface area contributed by atoms with Crippen LogP contribution in [0.3, 0.4) is 0 Å². The van der Waals surface area contributed by atoms with Gasteiger partial charge in [0.25, 0.3) is 17.7 Å². The highest BCUT2D eigenvalue weighted by Gasteiger charge is 2.37. The van der Waals surface area contributed by atoms with Crippen LogP contribution in [0.5, 0.6) is 0 Å². The molecule has 11 nitrogen and oxygen atoms in total. The SMILES string of the molecule is CC(C)=O.CNc1cccc(N2C(=O)c3ccc(C(C)=O)cc3C2=O)c1.CNc1cccc(NC(=O)c2ccccc2C(=O)O)c1. The van der Waals surface area contributed by atoms with Crippen molar-refractivity contribution in [1.82, 2.24) is 0 Å². The Balaban J connectivity index is 0.000000225. The molecule has 5 rings (SSSR count). The molecule has 0 fully saturated rings. The van der Waals surface area contributed by atoms with Crippen LogP contribution in [0.2, 0.25) is 0 Å². The van der Waals surface area contributed by atoms with Crippen LogP contribution >= 0.6 is 0 Å². The third-order valence-electron chi connectivity index (χ3n) is 6.50. The van der Waals surface area contributed by atoms with Crippen LogP contribution in [-0.4, -0.2) is 54.5 Å². The predicted octanol–water partition coefficient (Wildman–Crippen LogP) is 6.01. The van der Waals surface area contributed by atoms with Gasteiger partial charge in [0.15, 0.2) is 5.78 Å². The highest BCUT2D eigenvalue weighted by Crippen LogP contribution is 2.30. The molecule has 236 valence electrons. The van der Waals surface area contributed by atoms with E-state index in [2.05, 4.69) is 16.0 Å². The van der Waals surface area contributed by atoms with Gasteiger partial charge in [-0.05, 0) is 81.4 Å². The average molecular weight is 623 g/mol. The lowest BCUT2D eigenvalue weighted by atomic mass is 10.0. The topological polar surface area (TPSA) is 162 Å². The van der Waals surface area contributed by atoms with Gasteiger partial charge in [0.05, 0.1) is 27.9 Å². The first kappa shape index (κ1) is 34.4. The Morgan fingerprint density at radius 1 is 0.630 bits per heavy atom. The smallest absolute Gasteiger partial charge is 0.336 e. The number of imide groups is 1. The zero-order valence-electron chi connectivity index (χ0n) is 26.0. The lowest BCUT2D eigenvalue weighted by molar-refractivity contribution is -0.115. The van der Waals surface area contributed by atoms with E-state index in [0.717, 1.165) is 16.3 Å². The van der Waals surface area contributed by atoms with Gasteiger partial charge in [0.1, 0.15) is 5.78 Å². The van der Waals surface area contributed by atoms with Gasteiger partial charge in [0.2, 0.25) is 0 Å². The first-order valence-corrected chi connectivity index (χ1v) is 14.1. The molecular weight excluding hydrogens is 588 g/mol. The van der Waals surface area contributed by atoms with Crippen LogP contribution in [0, 0.1) is 0 Å². The number of carbonyl (C=O) groups is 6. The summed E-state index contributed by atoms with van der Waals surface area (Å²) in [5.74, 6) is -2.32. The van der Waals surface area contributed by atoms with Crippen LogP contribution in [0.25, 0.3) is 0 Å². The van der Waals surface area contributed by atoms with Gasteiger partial charge in [-0.1, -0.05) is 30.3 Å². The van der Waals surface area contributed by atoms with Crippen molar-refractivity contribution in [2.75, 3.05) is 34.9 Å². The molecule has 0 aliphatic carbocycles. The van der Waals surface area contributed by atoms with Gasteiger partial charge < -0.3 is 25.9 Å². The van der Waals surface area contributed by atoms with Gasteiger partial charge >= 0.3 is 5.97 Å². The highest BCUT2D eigenvalue weighted by atomic mass is 16.4. The fraction of sp³-hybridized carbons (Fsp3) is 0.143. The third kappa shape index (κ3) is 8.50. The maximum absolute atomic E-state index is 12.6. The van der Waals surface area contributed by atoms with Crippen molar-refractivity contribution in [3.8, 4) is 0 Å². The minimum Gasteiger partial charge on any atom is -0.478 e. The molecule has 46 heavy (non-hydrogen) atoms. The number of hydrogen-bond donors (Lipinski definition) is 4. The van der Waals surface area contributed by atoms with E-state index in [-0.39, 0.29) is 34.2 Å². The van der Waals surface area contributed by atoms with E-state index in [1.165, 1.54) is 45.0 Å². The fourth-order valence-electron chi connectivity index (χ4n) is 4.31. The largest absolute Gasteiger partial charge is 0.478 e. The molecule has 11 heteroatoms. The number of carboxylic acid groups (broad SMARTS) is 1. The highest BCUT2D eigenvalue weighted by molar-refractivity contribution is 6.34. The number of amides is 3. The second kappa shape index (κ2) is 15.6. The summed E-state index contributed by atoms with van der Waals surface area (Å²) in [6, 6.07) is 24.9. The Morgan fingerprint density at radius 2 is 1.17 bits per heavy atom. The van der Waals surface area contributed by atoms with E-state index in [1.54, 1.807) is 68.7 Å². The third-order valence-corrected chi connectivity index (χ3v) is 6.50. The number of ketones is 2. The zero-order valence-corrected chi connectivity index (χ0v) is 26.0. The number of benzene rings is 4. The Kier molecular flexibility index (Phi) is 11.6. The molecule has 0 atom stereocenters. The minimum atomic E-state index is -1.13. The van der Waals surface area contributed by atoms with Gasteiger partial charge in [-0.3, -0.25) is 19.2 Å². The monoisotopic (exact) mass is 622 g/mol. The number of carboxylic acids is 1. The molecule has 0 aromatic heterocycles. The molecule has 4 aromatic rings. The first-order valence-electron chi connectivity index (χ1n) is 14.1. The molecule has 1 heterocycles. The number of rotatable bonds is 7. The van der Waals surface area contributed by atoms with E-state index < -0.39 is 17.8 Å². The number of fused-ring (bicyclic) bond motifs is 1.